The first-order valence-corrected chi connectivity index (χ1v) is 4.59. The van der Waals surface area contributed by atoms with Gasteiger partial charge in [-0.1, -0.05) is 6.04 Å². The Morgan fingerprint density at radius 3 is 2.60 bits per heavy atom. The van der Waals surface area contributed by atoms with Crippen LogP contribution in [0.25, 0.3) is 0 Å². The monoisotopic (exact) mass is 156 g/mol. The lowest BCUT2D eigenvalue weighted by Gasteiger charge is -2.26. The molecule has 1 heterocycles. The van der Waals surface area contributed by atoms with E-state index in [9.17, 15) is 0 Å². The van der Waals surface area contributed by atoms with Gasteiger partial charge in [0.15, 0.2) is 0 Å². The van der Waals surface area contributed by atoms with E-state index in [4.69, 9.17) is 4.74 Å². The lowest BCUT2D eigenvalue weighted by molar-refractivity contribution is 0.0380. The third kappa shape index (κ3) is 2.81. The number of rotatable bonds is 3. The molecule has 0 saturated carbocycles. The van der Waals surface area contributed by atoms with Crippen LogP contribution in [0.2, 0.25) is 6.04 Å². The molecule has 57 valence electrons. The minimum Gasteiger partial charge on any atom is -0.379 e. The van der Waals surface area contributed by atoms with Gasteiger partial charge in [0.05, 0.1) is 13.2 Å². The summed E-state index contributed by atoms with van der Waals surface area (Å²) in [6.45, 7) is 5.29. The summed E-state index contributed by atoms with van der Waals surface area (Å²) < 4.78 is 5.23. The van der Waals surface area contributed by atoms with Crippen LogP contribution in [-0.2, 0) is 4.74 Å². The summed E-state index contributed by atoms with van der Waals surface area (Å²) in [7, 11) is 3.46. The van der Waals surface area contributed by atoms with Crippen molar-refractivity contribution in [3.05, 3.63) is 0 Å². The van der Waals surface area contributed by atoms with Crippen LogP contribution in [0.15, 0.2) is 0 Å². The third-order valence-electron chi connectivity index (χ3n) is 1.75. The number of morpholine rings is 1. The highest BCUT2D eigenvalue weighted by atomic mass is 28.1. The van der Waals surface area contributed by atoms with Crippen molar-refractivity contribution < 1.29 is 4.74 Å². The van der Waals surface area contributed by atoms with Gasteiger partial charge in [0.1, 0.15) is 0 Å². The molecule has 0 aromatic heterocycles. The molecule has 0 unspecified atom stereocenters. The summed E-state index contributed by atoms with van der Waals surface area (Å²) >= 11 is 0. The topological polar surface area (TPSA) is 12.5 Å². The van der Waals surface area contributed by atoms with Gasteiger partial charge in [0.25, 0.3) is 0 Å². The van der Waals surface area contributed by atoms with Gasteiger partial charge in [-0.05, 0) is 13.0 Å². The molecule has 1 fully saturated rings. The van der Waals surface area contributed by atoms with Crippen molar-refractivity contribution in [1.29, 1.82) is 0 Å². The maximum Gasteiger partial charge on any atom is 0.0594 e. The fourth-order valence-electron chi connectivity index (χ4n) is 1.13. The van der Waals surface area contributed by atoms with E-state index in [1.165, 1.54) is 13.0 Å². The van der Waals surface area contributed by atoms with E-state index >= 15 is 0 Å². The first-order chi connectivity index (χ1) is 4.93. The first kappa shape index (κ1) is 8.24. The highest BCUT2D eigenvalue weighted by Gasteiger charge is 2.07. The average Bonchev–Trinajstić information content (AvgIpc) is 2.03. The smallest absolute Gasteiger partial charge is 0.0594 e. The fraction of sp³-hybridized carbons (Fsp3) is 1.00. The maximum atomic E-state index is 5.23. The highest BCUT2D eigenvalue weighted by molar-refractivity contribution is 6.08. The Morgan fingerprint density at radius 2 is 2.00 bits per heavy atom. The molecule has 0 N–H and O–H groups in total. The van der Waals surface area contributed by atoms with Gasteiger partial charge in [-0.2, -0.15) is 0 Å². The van der Waals surface area contributed by atoms with Gasteiger partial charge in [-0.3, -0.25) is 4.90 Å². The lowest BCUT2D eigenvalue weighted by atomic mass is 10.3. The fourth-order valence-corrected chi connectivity index (χ4v) is 1.29. The Balaban J connectivity index is 2.02. The quantitative estimate of drug-likeness (QED) is 0.545. The molecule has 3 radical (unpaired) electrons. The molecule has 0 aromatic rings. The second-order valence-corrected chi connectivity index (χ2v) is 3.06. The van der Waals surface area contributed by atoms with Gasteiger partial charge in [-0.25, -0.2) is 0 Å². The van der Waals surface area contributed by atoms with Crippen molar-refractivity contribution in [3.63, 3.8) is 0 Å². The van der Waals surface area contributed by atoms with E-state index in [1.54, 1.807) is 0 Å². The Bertz CT molecular complexity index is 83.7. The SMILES string of the molecule is [Si]CCCN1CCOCC1. The van der Waals surface area contributed by atoms with Gasteiger partial charge >= 0.3 is 0 Å². The minimum absolute atomic E-state index is 0.918. The minimum atomic E-state index is 0.918. The highest BCUT2D eigenvalue weighted by Crippen LogP contribution is 1.98. The standard InChI is InChI=1S/C7H14NOSi/c10-7-1-2-8-3-5-9-6-4-8/h1-7H2. The zero-order chi connectivity index (χ0) is 7.23. The molecule has 1 rings (SSSR count). The van der Waals surface area contributed by atoms with Crippen molar-refractivity contribution in [2.24, 2.45) is 0 Å². The van der Waals surface area contributed by atoms with Crippen molar-refractivity contribution in [2.45, 2.75) is 12.5 Å². The van der Waals surface area contributed by atoms with Gasteiger partial charge in [-0.15, -0.1) is 0 Å². The maximum absolute atomic E-state index is 5.23. The molecule has 1 saturated heterocycles. The van der Waals surface area contributed by atoms with Crippen molar-refractivity contribution in [2.75, 3.05) is 32.8 Å². The Hall–Kier alpha value is 0.137. The molecule has 0 bridgehead atoms. The molecular formula is C7H14NOSi. The van der Waals surface area contributed by atoms with Crippen molar-refractivity contribution in [3.8, 4) is 0 Å². The number of nitrogens with zero attached hydrogens (tertiary/aromatic N) is 1. The zero-order valence-electron chi connectivity index (χ0n) is 6.31. The zero-order valence-corrected chi connectivity index (χ0v) is 7.31. The Morgan fingerprint density at radius 1 is 1.30 bits per heavy atom. The second kappa shape index (κ2) is 4.88. The molecule has 0 spiro atoms. The van der Waals surface area contributed by atoms with Crippen LogP contribution in [0.3, 0.4) is 0 Å². The second-order valence-electron chi connectivity index (χ2n) is 2.56. The van der Waals surface area contributed by atoms with E-state index in [1.807, 2.05) is 0 Å². The van der Waals surface area contributed by atoms with Crippen LogP contribution in [0.1, 0.15) is 6.42 Å². The van der Waals surface area contributed by atoms with Gasteiger partial charge < -0.3 is 4.74 Å². The predicted molar refractivity (Wildman–Crippen MR) is 42.4 cm³/mol. The van der Waals surface area contributed by atoms with Crippen LogP contribution in [-0.4, -0.2) is 48.0 Å². The van der Waals surface area contributed by atoms with E-state index in [2.05, 4.69) is 15.1 Å². The number of ether oxygens (including phenoxy) is 1. The first-order valence-electron chi connectivity index (χ1n) is 3.88. The lowest BCUT2D eigenvalue weighted by Crippen LogP contribution is -2.36. The van der Waals surface area contributed by atoms with Crippen molar-refractivity contribution in [1.82, 2.24) is 4.90 Å². The molecular weight excluding hydrogens is 142 g/mol. The largest absolute Gasteiger partial charge is 0.379 e. The summed E-state index contributed by atoms with van der Waals surface area (Å²) in [4.78, 5) is 2.45. The normalized spacial score (nSPS) is 21.3. The molecule has 0 atom stereocenters. The number of hydrogen-bond acceptors (Lipinski definition) is 2. The summed E-state index contributed by atoms with van der Waals surface area (Å²) in [6.07, 6.45) is 1.25. The molecule has 0 amide bonds. The van der Waals surface area contributed by atoms with Crippen LogP contribution < -0.4 is 0 Å². The number of hydrogen-bond donors (Lipinski definition) is 0. The van der Waals surface area contributed by atoms with Crippen LogP contribution in [0.4, 0.5) is 0 Å². The van der Waals surface area contributed by atoms with Gasteiger partial charge in [0.2, 0.25) is 0 Å². The summed E-state index contributed by atoms with van der Waals surface area (Å²) in [6, 6.07) is 1.11. The van der Waals surface area contributed by atoms with E-state index in [0.29, 0.717) is 0 Å². The molecule has 1 aliphatic heterocycles. The van der Waals surface area contributed by atoms with E-state index < -0.39 is 0 Å². The molecule has 0 aliphatic carbocycles. The summed E-state index contributed by atoms with van der Waals surface area (Å²) in [5.74, 6) is 0. The Labute approximate surface area is 66.0 Å². The molecule has 10 heavy (non-hydrogen) atoms. The van der Waals surface area contributed by atoms with Gasteiger partial charge in [0, 0.05) is 23.3 Å². The molecule has 2 nitrogen and oxygen atoms in total. The van der Waals surface area contributed by atoms with E-state index in [0.717, 1.165) is 32.3 Å². The predicted octanol–water partition coefficient (Wildman–Crippen LogP) is 0.295. The van der Waals surface area contributed by atoms with Crippen LogP contribution in [0.5, 0.6) is 0 Å². The van der Waals surface area contributed by atoms with Crippen LogP contribution in [0, 0.1) is 0 Å². The third-order valence-corrected chi connectivity index (χ3v) is 2.11. The summed E-state index contributed by atoms with van der Waals surface area (Å²) in [5.41, 5.74) is 0. The summed E-state index contributed by atoms with van der Waals surface area (Å²) in [5, 5.41) is 0. The average molecular weight is 156 g/mol. The van der Waals surface area contributed by atoms with Crippen LogP contribution >= 0.6 is 0 Å². The molecule has 0 aromatic carbocycles. The van der Waals surface area contributed by atoms with Crippen molar-refractivity contribution >= 4 is 10.2 Å². The molecule has 1 aliphatic rings. The molecule has 3 heteroatoms. The Kier molecular flexibility index (Phi) is 4.02. The van der Waals surface area contributed by atoms with E-state index in [-0.39, 0.29) is 0 Å².